The van der Waals surface area contributed by atoms with Crippen LogP contribution in [0.5, 0.6) is 5.75 Å². The molecule has 0 spiro atoms. The van der Waals surface area contributed by atoms with E-state index in [9.17, 15) is 0 Å². The number of methoxy groups -OCH3 is 1. The Labute approximate surface area is 193 Å². The van der Waals surface area contributed by atoms with Crippen LogP contribution in [0.2, 0.25) is 5.02 Å². The van der Waals surface area contributed by atoms with Crippen molar-refractivity contribution < 1.29 is 4.74 Å². The fourth-order valence-electron chi connectivity index (χ4n) is 4.81. The van der Waals surface area contributed by atoms with E-state index < -0.39 is 0 Å². The SMILES string of the molecule is COc1ccc(N2C(=S)N[C@H](c3ccccn3)[C@@H]2c2ccn(C3CCCC3)c2)cc1Cl. The van der Waals surface area contributed by atoms with E-state index in [1.165, 1.54) is 31.2 Å². The number of nitrogens with one attached hydrogen (secondary N) is 1. The van der Waals surface area contributed by atoms with Crippen molar-refractivity contribution in [2.45, 2.75) is 43.8 Å². The summed E-state index contributed by atoms with van der Waals surface area (Å²) in [5.74, 6) is 0.647. The molecule has 0 bridgehead atoms. The highest BCUT2D eigenvalue weighted by Crippen LogP contribution is 2.43. The highest BCUT2D eigenvalue weighted by atomic mass is 35.5. The number of aromatic nitrogens is 2. The van der Waals surface area contributed by atoms with Gasteiger partial charge >= 0.3 is 0 Å². The van der Waals surface area contributed by atoms with E-state index in [0.29, 0.717) is 21.9 Å². The maximum Gasteiger partial charge on any atom is 0.174 e. The number of hydrogen-bond acceptors (Lipinski definition) is 3. The Kier molecular flexibility index (Phi) is 5.59. The molecule has 2 atom stereocenters. The fourth-order valence-corrected chi connectivity index (χ4v) is 5.41. The van der Waals surface area contributed by atoms with Gasteiger partial charge < -0.3 is 19.5 Å². The minimum atomic E-state index is -0.0611. The number of pyridine rings is 1. The van der Waals surface area contributed by atoms with Crippen LogP contribution < -0.4 is 15.0 Å². The first kappa shape index (κ1) is 20.3. The smallest absolute Gasteiger partial charge is 0.174 e. The normalized spacial score (nSPS) is 21.5. The van der Waals surface area contributed by atoms with Crippen molar-refractivity contribution in [1.29, 1.82) is 0 Å². The summed E-state index contributed by atoms with van der Waals surface area (Å²) in [4.78, 5) is 6.77. The predicted octanol–water partition coefficient (Wildman–Crippen LogP) is 5.84. The molecule has 7 heteroatoms. The largest absolute Gasteiger partial charge is 0.495 e. The van der Waals surface area contributed by atoms with Gasteiger partial charge in [0.2, 0.25) is 0 Å². The summed E-state index contributed by atoms with van der Waals surface area (Å²) in [5, 5.41) is 4.73. The molecule has 2 aliphatic rings. The zero-order valence-corrected chi connectivity index (χ0v) is 18.9. The van der Waals surface area contributed by atoms with Gasteiger partial charge in [-0.1, -0.05) is 30.5 Å². The number of rotatable bonds is 5. The third-order valence-corrected chi connectivity index (χ3v) is 6.95. The van der Waals surface area contributed by atoms with Crippen molar-refractivity contribution in [3.05, 3.63) is 77.3 Å². The third kappa shape index (κ3) is 3.79. The maximum absolute atomic E-state index is 6.46. The Hall–Kier alpha value is -2.57. The van der Waals surface area contributed by atoms with E-state index >= 15 is 0 Å². The van der Waals surface area contributed by atoms with Gasteiger partial charge in [-0.2, -0.15) is 0 Å². The summed E-state index contributed by atoms with van der Waals surface area (Å²) in [6, 6.07) is 14.5. The number of ether oxygens (including phenoxy) is 1. The van der Waals surface area contributed by atoms with Crippen LogP contribution in [0.3, 0.4) is 0 Å². The van der Waals surface area contributed by atoms with Gasteiger partial charge in [0.05, 0.1) is 29.9 Å². The molecule has 1 aliphatic heterocycles. The molecular formula is C24H25ClN4OS. The standard InChI is InChI=1S/C24H25ClN4OS/c1-30-21-10-9-18(14-19(21)25)29-23(16-11-13-28(15-16)17-6-2-3-7-17)22(27-24(29)31)20-8-4-5-12-26-20/h4-5,8-15,17,22-23H,2-3,6-7H2,1H3,(H,27,31)/t22-,23+/m1/s1. The van der Waals surface area contributed by atoms with Gasteiger partial charge in [-0.05, 0) is 67.0 Å². The third-order valence-electron chi connectivity index (χ3n) is 6.34. The van der Waals surface area contributed by atoms with Gasteiger partial charge in [0.15, 0.2) is 5.11 Å². The number of halogens is 1. The topological polar surface area (TPSA) is 42.3 Å². The molecule has 2 fully saturated rings. The molecule has 5 rings (SSSR count). The lowest BCUT2D eigenvalue weighted by Gasteiger charge is -2.27. The molecule has 1 saturated heterocycles. The maximum atomic E-state index is 6.46. The Morgan fingerprint density at radius 3 is 2.71 bits per heavy atom. The van der Waals surface area contributed by atoms with Crippen LogP contribution >= 0.6 is 23.8 Å². The fraction of sp³-hybridized carbons (Fsp3) is 0.333. The second-order valence-electron chi connectivity index (χ2n) is 8.15. The summed E-state index contributed by atoms with van der Waals surface area (Å²) in [6.45, 7) is 0. The summed E-state index contributed by atoms with van der Waals surface area (Å²) in [6.07, 6.45) is 11.4. The molecule has 0 unspecified atom stereocenters. The molecule has 2 aromatic heterocycles. The number of thiocarbonyl (C=S) groups is 1. The van der Waals surface area contributed by atoms with Gasteiger partial charge in [0, 0.05) is 30.3 Å². The minimum Gasteiger partial charge on any atom is -0.495 e. The van der Waals surface area contributed by atoms with E-state index in [1.807, 2.05) is 42.6 Å². The second-order valence-corrected chi connectivity index (χ2v) is 8.94. The zero-order chi connectivity index (χ0) is 21.4. The van der Waals surface area contributed by atoms with Crippen LogP contribution in [0, 0.1) is 0 Å². The molecule has 31 heavy (non-hydrogen) atoms. The van der Waals surface area contributed by atoms with Crippen LogP contribution in [0.1, 0.15) is 55.1 Å². The van der Waals surface area contributed by atoms with Crippen molar-refractivity contribution in [1.82, 2.24) is 14.9 Å². The highest BCUT2D eigenvalue weighted by molar-refractivity contribution is 7.80. The van der Waals surface area contributed by atoms with E-state index in [-0.39, 0.29) is 12.1 Å². The highest BCUT2D eigenvalue weighted by Gasteiger charge is 2.41. The van der Waals surface area contributed by atoms with E-state index in [1.54, 1.807) is 7.11 Å². The van der Waals surface area contributed by atoms with Crippen molar-refractivity contribution in [2.75, 3.05) is 12.0 Å². The minimum absolute atomic E-state index is 0.0329. The first-order chi connectivity index (χ1) is 15.2. The molecule has 1 N–H and O–H groups in total. The van der Waals surface area contributed by atoms with Gasteiger partial charge in [-0.25, -0.2) is 0 Å². The van der Waals surface area contributed by atoms with Crippen LogP contribution in [0.15, 0.2) is 61.1 Å². The van der Waals surface area contributed by atoms with Crippen LogP contribution in [-0.4, -0.2) is 21.8 Å². The van der Waals surface area contributed by atoms with Gasteiger partial charge in [0.1, 0.15) is 5.75 Å². The lowest BCUT2D eigenvalue weighted by molar-refractivity contribution is 0.415. The van der Waals surface area contributed by atoms with Crippen molar-refractivity contribution in [3.8, 4) is 5.75 Å². The average Bonchev–Trinajstić information content (AvgIpc) is 3.53. The van der Waals surface area contributed by atoms with Crippen LogP contribution in [0.25, 0.3) is 0 Å². The summed E-state index contributed by atoms with van der Waals surface area (Å²) < 4.78 is 7.71. The number of anilines is 1. The molecule has 160 valence electrons. The molecular weight excluding hydrogens is 428 g/mol. The summed E-state index contributed by atoms with van der Waals surface area (Å²) in [5.41, 5.74) is 3.10. The monoisotopic (exact) mass is 452 g/mol. The van der Waals surface area contributed by atoms with E-state index in [0.717, 1.165) is 11.4 Å². The van der Waals surface area contributed by atoms with E-state index in [2.05, 4.69) is 38.2 Å². The predicted molar refractivity (Wildman–Crippen MR) is 128 cm³/mol. The summed E-state index contributed by atoms with van der Waals surface area (Å²) in [7, 11) is 1.62. The van der Waals surface area contributed by atoms with Crippen molar-refractivity contribution >= 4 is 34.6 Å². The molecule has 0 amide bonds. The summed E-state index contributed by atoms with van der Waals surface area (Å²) >= 11 is 12.3. The Morgan fingerprint density at radius 2 is 2.00 bits per heavy atom. The zero-order valence-electron chi connectivity index (χ0n) is 17.4. The first-order valence-electron chi connectivity index (χ1n) is 10.7. The average molecular weight is 453 g/mol. The lowest BCUT2D eigenvalue weighted by atomic mass is 9.98. The second kappa shape index (κ2) is 8.52. The number of nitrogens with zero attached hydrogens (tertiary/aromatic N) is 3. The van der Waals surface area contributed by atoms with E-state index in [4.69, 9.17) is 28.6 Å². The Morgan fingerprint density at radius 1 is 1.16 bits per heavy atom. The molecule has 3 aromatic rings. The van der Waals surface area contributed by atoms with Gasteiger partial charge in [0.25, 0.3) is 0 Å². The quantitative estimate of drug-likeness (QED) is 0.493. The molecule has 1 aromatic carbocycles. The molecule has 0 radical (unpaired) electrons. The molecule has 1 aliphatic carbocycles. The van der Waals surface area contributed by atoms with Crippen molar-refractivity contribution in [2.24, 2.45) is 0 Å². The van der Waals surface area contributed by atoms with Gasteiger partial charge in [-0.15, -0.1) is 0 Å². The Bertz CT molecular complexity index is 1080. The number of hydrogen-bond donors (Lipinski definition) is 1. The molecule has 1 saturated carbocycles. The lowest BCUT2D eigenvalue weighted by Crippen LogP contribution is -2.29. The van der Waals surface area contributed by atoms with Gasteiger partial charge in [-0.3, -0.25) is 4.98 Å². The molecule has 5 nitrogen and oxygen atoms in total. The van der Waals surface area contributed by atoms with Crippen molar-refractivity contribution in [3.63, 3.8) is 0 Å². The van der Waals surface area contributed by atoms with Crippen LogP contribution in [-0.2, 0) is 0 Å². The van der Waals surface area contributed by atoms with Crippen LogP contribution in [0.4, 0.5) is 5.69 Å². The first-order valence-corrected chi connectivity index (χ1v) is 11.5. The number of benzene rings is 1. The Balaban J connectivity index is 1.57. The molecule has 3 heterocycles.